The second-order valence-electron chi connectivity index (χ2n) is 4.93. The van der Waals surface area contributed by atoms with Crippen LogP contribution in [0, 0.1) is 0 Å². The number of aryl methyl sites for hydroxylation is 1. The van der Waals surface area contributed by atoms with E-state index in [0.29, 0.717) is 29.3 Å². The lowest BCUT2D eigenvalue weighted by Gasteiger charge is -2.08. The minimum absolute atomic E-state index is 0.00674. The third kappa shape index (κ3) is 4.95. The highest BCUT2D eigenvalue weighted by Crippen LogP contribution is 2.23. The fourth-order valence-electron chi connectivity index (χ4n) is 2.02. The van der Waals surface area contributed by atoms with Crippen molar-refractivity contribution in [2.45, 2.75) is 19.4 Å². The van der Waals surface area contributed by atoms with E-state index in [0.717, 1.165) is 5.56 Å². The molecule has 1 aromatic heterocycles. The van der Waals surface area contributed by atoms with Crippen molar-refractivity contribution in [2.75, 3.05) is 14.2 Å². The van der Waals surface area contributed by atoms with Crippen molar-refractivity contribution >= 4 is 23.2 Å². The highest BCUT2D eigenvalue weighted by atomic mass is 32.1. The summed E-state index contributed by atoms with van der Waals surface area (Å²) in [5.41, 5.74) is 0.927. The molecule has 0 aliphatic heterocycles. The van der Waals surface area contributed by atoms with Crippen LogP contribution in [0.2, 0.25) is 0 Å². The fraction of sp³-hybridized carbons (Fsp3) is 0.312. The van der Waals surface area contributed by atoms with Crippen LogP contribution >= 0.6 is 11.3 Å². The number of rotatable bonds is 8. The van der Waals surface area contributed by atoms with Crippen LogP contribution in [0.3, 0.4) is 0 Å². The molecule has 0 spiro atoms. The lowest BCUT2D eigenvalue weighted by molar-refractivity contribution is -0.121. The van der Waals surface area contributed by atoms with E-state index in [4.69, 9.17) is 14.6 Å². The standard InChI is InChI=1S/C16H18N2O5S/c1-22-11-5-10(6-12(7-11)23-2)3-4-14(19)17-8-15-18-13(9-24-15)16(20)21/h5-7,9H,3-4,8H2,1-2H3,(H,17,19)(H,20,21). The number of methoxy groups -OCH3 is 2. The van der Waals surface area contributed by atoms with Crippen LogP contribution in [0.15, 0.2) is 23.6 Å². The molecule has 7 nitrogen and oxygen atoms in total. The number of nitrogens with one attached hydrogen (secondary N) is 1. The Hall–Kier alpha value is -2.61. The molecule has 0 atom stereocenters. The predicted octanol–water partition coefficient (Wildman–Crippen LogP) is 2.11. The second kappa shape index (κ2) is 8.30. The zero-order valence-corrected chi connectivity index (χ0v) is 14.2. The van der Waals surface area contributed by atoms with E-state index in [-0.39, 0.29) is 18.1 Å². The van der Waals surface area contributed by atoms with Gasteiger partial charge in [0, 0.05) is 17.9 Å². The number of carbonyl (C=O) groups is 2. The summed E-state index contributed by atoms with van der Waals surface area (Å²) in [5.74, 6) is 0.141. The third-order valence-corrected chi connectivity index (χ3v) is 4.11. The maximum absolute atomic E-state index is 11.9. The number of amides is 1. The summed E-state index contributed by atoms with van der Waals surface area (Å²) in [7, 11) is 3.15. The number of hydrogen-bond donors (Lipinski definition) is 2. The Labute approximate surface area is 143 Å². The SMILES string of the molecule is COc1cc(CCC(=O)NCc2nc(C(=O)O)cs2)cc(OC)c1. The number of aromatic carboxylic acids is 1. The van der Waals surface area contributed by atoms with Gasteiger partial charge in [-0.3, -0.25) is 4.79 Å². The van der Waals surface area contributed by atoms with Crippen molar-refractivity contribution in [3.63, 3.8) is 0 Å². The van der Waals surface area contributed by atoms with Gasteiger partial charge in [-0.05, 0) is 24.1 Å². The number of ether oxygens (including phenoxy) is 2. The molecule has 0 aliphatic rings. The van der Waals surface area contributed by atoms with Crippen molar-refractivity contribution < 1.29 is 24.2 Å². The van der Waals surface area contributed by atoms with Crippen molar-refractivity contribution in [1.29, 1.82) is 0 Å². The molecule has 24 heavy (non-hydrogen) atoms. The molecule has 0 fully saturated rings. The van der Waals surface area contributed by atoms with Gasteiger partial charge in [-0.15, -0.1) is 11.3 Å². The van der Waals surface area contributed by atoms with Gasteiger partial charge in [0.15, 0.2) is 5.69 Å². The van der Waals surface area contributed by atoms with E-state index in [1.165, 1.54) is 16.7 Å². The van der Waals surface area contributed by atoms with E-state index in [2.05, 4.69) is 10.3 Å². The van der Waals surface area contributed by atoms with Gasteiger partial charge in [-0.1, -0.05) is 0 Å². The fourth-order valence-corrected chi connectivity index (χ4v) is 2.73. The minimum Gasteiger partial charge on any atom is -0.497 e. The number of hydrogen-bond acceptors (Lipinski definition) is 6. The number of carbonyl (C=O) groups excluding carboxylic acids is 1. The minimum atomic E-state index is -1.07. The Morgan fingerprint density at radius 3 is 2.42 bits per heavy atom. The molecule has 0 unspecified atom stereocenters. The molecule has 1 amide bonds. The van der Waals surface area contributed by atoms with E-state index in [1.54, 1.807) is 20.3 Å². The number of carboxylic acids is 1. The molecule has 0 bridgehead atoms. The molecule has 1 aromatic carbocycles. The number of nitrogens with zero attached hydrogens (tertiary/aromatic N) is 1. The summed E-state index contributed by atoms with van der Waals surface area (Å²) in [5, 5.41) is 13.5. The summed E-state index contributed by atoms with van der Waals surface area (Å²) in [6.45, 7) is 0.220. The van der Waals surface area contributed by atoms with Crippen molar-refractivity contribution in [3.8, 4) is 11.5 Å². The van der Waals surface area contributed by atoms with E-state index >= 15 is 0 Å². The molecule has 0 aliphatic carbocycles. The van der Waals surface area contributed by atoms with Crippen LogP contribution in [0.5, 0.6) is 11.5 Å². The molecule has 128 valence electrons. The van der Waals surface area contributed by atoms with Crippen molar-refractivity contribution in [2.24, 2.45) is 0 Å². The lowest BCUT2D eigenvalue weighted by atomic mass is 10.1. The molecular weight excluding hydrogens is 332 g/mol. The molecule has 0 saturated heterocycles. The second-order valence-corrected chi connectivity index (χ2v) is 5.87. The van der Waals surface area contributed by atoms with Gasteiger partial charge in [-0.2, -0.15) is 0 Å². The molecule has 8 heteroatoms. The first-order valence-electron chi connectivity index (χ1n) is 7.18. The normalized spacial score (nSPS) is 10.2. The first-order chi connectivity index (χ1) is 11.5. The van der Waals surface area contributed by atoms with Gasteiger partial charge in [0.2, 0.25) is 5.91 Å². The van der Waals surface area contributed by atoms with Crippen LogP contribution in [-0.2, 0) is 17.8 Å². The van der Waals surface area contributed by atoms with Crippen LogP contribution in [0.4, 0.5) is 0 Å². The first-order valence-corrected chi connectivity index (χ1v) is 8.06. The number of aromatic nitrogens is 1. The molecule has 2 rings (SSSR count). The van der Waals surface area contributed by atoms with E-state index in [1.807, 2.05) is 12.1 Å². The van der Waals surface area contributed by atoms with Crippen LogP contribution in [0.1, 0.15) is 27.5 Å². The molecule has 2 aromatic rings. The Kier molecular flexibility index (Phi) is 6.14. The van der Waals surface area contributed by atoms with Crippen molar-refractivity contribution in [3.05, 3.63) is 39.8 Å². The van der Waals surface area contributed by atoms with Crippen molar-refractivity contribution in [1.82, 2.24) is 10.3 Å². The smallest absolute Gasteiger partial charge is 0.355 e. The van der Waals surface area contributed by atoms with Gasteiger partial charge in [0.1, 0.15) is 16.5 Å². The summed E-state index contributed by atoms with van der Waals surface area (Å²) < 4.78 is 10.4. The van der Waals surface area contributed by atoms with Gasteiger partial charge in [0.25, 0.3) is 0 Å². The number of thiazole rings is 1. The third-order valence-electron chi connectivity index (χ3n) is 3.26. The maximum atomic E-state index is 11.9. The summed E-state index contributed by atoms with van der Waals surface area (Å²) in [4.78, 5) is 26.6. The summed E-state index contributed by atoms with van der Waals surface area (Å²) in [6.07, 6.45) is 0.838. The van der Waals surface area contributed by atoms with Crippen LogP contribution < -0.4 is 14.8 Å². The summed E-state index contributed by atoms with van der Waals surface area (Å²) >= 11 is 1.20. The van der Waals surface area contributed by atoms with Gasteiger partial charge in [-0.25, -0.2) is 9.78 Å². The van der Waals surface area contributed by atoms with Crippen LogP contribution in [0.25, 0.3) is 0 Å². The largest absolute Gasteiger partial charge is 0.497 e. The van der Waals surface area contributed by atoms with Gasteiger partial charge in [0.05, 0.1) is 20.8 Å². The first kappa shape index (κ1) is 17.7. The summed E-state index contributed by atoms with van der Waals surface area (Å²) in [6, 6.07) is 5.48. The molecule has 0 radical (unpaired) electrons. The Balaban J connectivity index is 1.85. The average Bonchev–Trinajstić information content (AvgIpc) is 3.07. The Morgan fingerprint density at radius 1 is 1.21 bits per heavy atom. The predicted molar refractivity (Wildman–Crippen MR) is 88.8 cm³/mol. The Morgan fingerprint density at radius 2 is 1.88 bits per heavy atom. The number of benzene rings is 1. The monoisotopic (exact) mass is 350 g/mol. The van der Waals surface area contributed by atoms with Gasteiger partial charge >= 0.3 is 5.97 Å². The molecule has 1 heterocycles. The highest BCUT2D eigenvalue weighted by Gasteiger charge is 2.10. The number of carboxylic acid groups (broad SMARTS) is 1. The van der Waals surface area contributed by atoms with E-state index in [9.17, 15) is 9.59 Å². The topological polar surface area (TPSA) is 97.8 Å². The van der Waals surface area contributed by atoms with E-state index < -0.39 is 5.97 Å². The quantitative estimate of drug-likeness (QED) is 0.757. The van der Waals surface area contributed by atoms with Crippen LogP contribution in [-0.4, -0.2) is 36.2 Å². The average molecular weight is 350 g/mol. The lowest BCUT2D eigenvalue weighted by Crippen LogP contribution is -2.23. The molecular formula is C16H18N2O5S. The zero-order chi connectivity index (χ0) is 17.5. The highest BCUT2D eigenvalue weighted by molar-refractivity contribution is 7.09. The molecule has 0 saturated carbocycles. The zero-order valence-electron chi connectivity index (χ0n) is 13.4. The van der Waals surface area contributed by atoms with Gasteiger partial charge < -0.3 is 19.9 Å². The maximum Gasteiger partial charge on any atom is 0.355 e. The Bertz CT molecular complexity index is 707. The molecule has 2 N–H and O–H groups in total.